The molecule has 1 aromatic rings. The highest BCUT2D eigenvalue weighted by atomic mass is 79.9. The summed E-state index contributed by atoms with van der Waals surface area (Å²) >= 11 is 9.06. The van der Waals surface area contributed by atoms with Crippen LogP contribution in [0, 0.1) is 17.6 Å². The van der Waals surface area contributed by atoms with Crippen molar-refractivity contribution in [1.82, 2.24) is 0 Å². The Morgan fingerprint density at radius 3 is 2.69 bits per heavy atom. The second kappa shape index (κ2) is 5.01. The third kappa shape index (κ3) is 2.57. The average Bonchev–Trinajstić information content (AvgIpc) is 2.65. The summed E-state index contributed by atoms with van der Waals surface area (Å²) < 4.78 is 27.5. The summed E-state index contributed by atoms with van der Waals surface area (Å²) in [7, 11) is 0. The van der Waals surface area contributed by atoms with Crippen molar-refractivity contribution in [2.45, 2.75) is 31.1 Å². The summed E-state index contributed by atoms with van der Waals surface area (Å²) in [6.07, 6.45) is 3.20. The zero-order valence-electron chi connectivity index (χ0n) is 8.65. The highest BCUT2D eigenvalue weighted by Gasteiger charge is 2.25. The van der Waals surface area contributed by atoms with Gasteiger partial charge in [-0.25, -0.2) is 8.78 Å². The minimum absolute atomic E-state index is 0.170. The van der Waals surface area contributed by atoms with Gasteiger partial charge in [-0.3, -0.25) is 0 Å². The van der Waals surface area contributed by atoms with Crippen LogP contribution in [0.5, 0.6) is 0 Å². The average molecular weight is 310 g/mol. The Morgan fingerprint density at radius 2 is 2.06 bits per heavy atom. The van der Waals surface area contributed by atoms with Crippen LogP contribution < -0.4 is 0 Å². The summed E-state index contributed by atoms with van der Waals surface area (Å²) in [6.45, 7) is 0. The number of alkyl halides is 1. The first kappa shape index (κ1) is 12.3. The van der Waals surface area contributed by atoms with Gasteiger partial charge in [-0.15, -0.1) is 11.6 Å². The molecule has 1 fully saturated rings. The van der Waals surface area contributed by atoms with Crippen LogP contribution in [0.25, 0.3) is 0 Å². The molecular weight excluding hydrogens is 297 g/mol. The number of hydrogen-bond donors (Lipinski definition) is 0. The molecule has 0 saturated heterocycles. The molecule has 2 unspecified atom stereocenters. The van der Waals surface area contributed by atoms with Gasteiger partial charge in [0.15, 0.2) is 0 Å². The lowest BCUT2D eigenvalue weighted by atomic mass is 9.97. The maximum absolute atomic E-state index is 13.7. The van der Waals surface area contributed by atoms with E-state index in [0.29, 0.717) is 16.8 Å². The Balaban J connectivity index is 2.18. The lowest BCUT2D eigenvalue weighted by molar-refractivity contribution is 0.489. The van der Waals surface area contributed by atoms with Gasteiger partial charge in [0.05, 0.1) is 4.47 Å². The molecule has 16 heavy (non-hydrogen) atoms. The summed E-state index contributed by atoms with van der Waals surface area (Å²) in [5, 5.41) is 0.170. The van der Waals surface area contributed by atoms with Crippen molar-refractivity contribution >= 4 is 27.5 Å². The van der Waals surface area contributed by atoms with Gasteiger partial charge in [-0.2, -0.15) is 0 Å². The molecule has 0 amide bonds. The maximum atomic E-state index is 13.7. The van der Waals surface area contributed by atoms with Crippen LogP contribution in [0.2, 0.25) is 0 Å². The number of rotatable bonds is 2. The molecular formula is C12H12BrClF2. The minimum atomic E-state index is -0.474. The Bertz CT molecular complexity index is 395. The van der Waals surface area contributed by atoms with Crippen molar-refractivity contribution in [3.05, 3.63) is 33.8 Å². The second-order valence-electron chi connectivity index (χ2n) is 4.30. The molecule has 0 aliphatic heterocycles. The Hall–Kier alpha value is -0.150. The number of hydrogen-bond acceptors (Lipinski definition) is 0. The van der Waals surface area contributed by atoms with Crippen LogP contribution in [0.3, 0.4) is 0 Å². The standard InChI is InChI=1S/C12H12BrClF2/c13-10-3-4-11(15)9(12(10)16)6-7-1-2-8(14)5-7/h3-4,7-8H,1-2,5-6H2. The molecule has 88 valence electrons. The van der Waals surface area contributed by atoms with E-state index in [0.717, 1.165) is 19.3 Å². The molecule has 0 radical (unpaired) electrons. The van der Waals surface area contributed by atoms with E-state index in [9.17, 15) is 8.78 Å². The van der Waals surface area contributed by atoms with E-state index >= 15 is 0 Å². The highest BCUT2D eigenvalue weighted by molar-refractivity contribution is 9.10. The van der Waals surface area contributed by atoms with Crippen LogP contribution in [-0.4, -0.2) is 5.38 Å². The normalized spacial score (nSPS) is 25.0. The van der Waals surface area contributed by atoms with Crippen molar-refractivity contribution in [1.29, 1.82) is 0 Å². The molecule has 2 atom stereocenters. The van der Waals surface area contributed by atoms with Crippen molar-refractivity contribution in [2.24, 2.45) is 5.92 Å². The van der Waals surface area contributed by atoms with Gasteiger partial charge in [0, 0.05) is 10.9 Å². The van der Waals surface area contributed by atoms with E-state index in [1.807, 2.05) is 0 Å². The highest BCUT2D eigenvalue weighted by Crippen LogP contribution is 2.34. The zero-order valence-corrected chi connectivity index (χ0v) is 11.0. The van der Waals surface area contributed by atoms with E-state index in [-0.39, 0.29) is 10.9 Å². The molecule has 1 aliphatic rings. The smallest absolute Gasteiger partial charge is 0.143 e. The van der Waals surface area contributed by atoms with Gasteiger partial charge in [0.2, 0.25) is 0 Å². The van der Waals surface area contributed by atoms with E-state index in [4.69, 9.17) is 11.6 Å². The van der Waals surface area contributed by atoms with Crippen LogP contribution in [0.1, 0.15) is 24.8 Å². The largest absolute Gasteiger partial charge is 0.207 e. The third-order valence-electron chi connectivity index (χ3n) is 3.11. The van der Waals surface area contributed by atoms with Gasteiger partial charge in [-0.05, 0) is 59.7 Å². The van der Waals surface area contributed by atoms with Gasteiger partial charge >= 0.3 is 0 Å². The topological polar surface area (TPSA) is 0 Å². The van der Waals surface area contributed by atoms with Crippen molar-refractivity contribution in [3.63, 3.8) is 0 Å². The van der Waals surface area contributed by atoms with Crippen molar-refractivity contribution < 1.29 is 8.78 Å². The van der Waals surface area contributed by atoms with Gasteiger partial charge in [0.1, 0.15) is 11.6 Å². The van der Waals surface area contributed by atoms with E-state index < -0.39 is 11.6 Å². The minimum Gasteiger partial charge on any atom is -0.207 e. The SMILES string of the molecule is Fc1ccc(Br)c(F)c1CC1CCC(Cl)C1. The summed E-state index contributed by atoms with van der Waals surface area (Å²) in [5.74, 6) is -0.627. The van der Waals surface area contributed by atoms with Crippen molar-refractivity contribution in [2.75, 3.05) is 0 Å². The Morgan fingerprint density at radius 1 is 1.31 bits per heavy atom. The summed E-state index contributed by atoms with van der Waals surface area (Å²) in [4.78, 5) is 0. The molecule has 0 aromatic heterocycles. The van der Waals surface area contributed by atoms with E-state index in [1.54, 1.807) is 0 Å². The molecule has 4 heteroatoms. The Kier molecular flexibility index (Phi) is 3.85. The van der Waals surface area contributed by atoms with Crippen LogP contribution in [0.4, 0.5) is 8.78 Å². The third-order valence-corrected chi connectivity index (χ3v) is 4.12. The number of benzene rings is 1. The van der Waals surface area contributed by atoms with Crippen LogP contribution in [0.15, 0.2) is 16.6 Å². The molecule has 1 aliphatic carbocycles. The van der Waals surface area contributed by atoms with Gasteiger partial charge in [0.25, 0.3) is 0 Å². The van der Waals surface area contributed by atoms with Crippen LogP contribution >= 0.6 is 27.5 Å². The first-order valence-electron chi connectivity index (χ1n) is 5.34. The van der Waals surface area contributed by atoms with Crippen molar-refractivity contribution in [3.8, 4) is 0 Å². The lowest BCUT2D eigenvalue weighted by Gasteiger charge is -2.11. The fourth-order valence-corrected chi connectivity index (χ4v) is 2.99. The van der Waals surface area contributed by atoms with E-state index in [1.165, 1.54) is 12.1 Å². The second-order valence-corrected chi connectivity index (χ2v) is 5.77. The Labute approximate surface area is 107 Å². The van der Waals surface area contributed by atoms with E-state index in [2.05, 4.69) is 15.9 Å². The molecule has 0 N–H and O–H groups in total. The fourth-order valence-electron chi connectivity index (χ4n) is 2.24. The molecule has 2 rings (SSSR count). The van der Waals surface area contributed by atoms with Gasteiger partial charge in [-0.1, -0.05) is 0 Å². The monoisotopic (exact) mass is 308 g/mol. The molecule has 1 aromatic carbocycles. The molecule has 0 heterocycles. The predicted molar refractivity (Wildman–Crippen MR) is 64.7 cm³/mol. The summed E-state index contributed by atoms with van der Waals surface area (Å²) in [5.41, 5.74) is 0.185. The predicted octanol–water partition coefficient (Wildman–Crippen LogP) is 4.68. The molecule has 0 nitrogen and oxygen atoms in total. The summed E-state index contributed by atoms with van der Waals surface area (Å²) in [6, 6.07) is 2.70. The maximum Gasteiger partial charge on any atom is 0.143 e. The molecule has 0 spiro atoms. The first-order chi connectivity index (χ1) is 7.58. The van der Waals surface area contributed by atoms with Gasteiger partial charge < -0.3 is 0 Å². The first-order valence-corrected chi connectivity index (χ1v) is 6.57. The number of halogens is 4. The molecule has 1 saturated carbocycles. The lowest BCUT2D eigenvalue weighted by Crippen LogP contribution is -2.05. The van der Waals surface area contributed by atoms with Crippen LogP contribution in [-0.2, 0) is 6.42 Å². The molecule has 0 bridgehead atoms. The zero-order chi connectivity index (χ0) is 11.7. The fraction of sp³-hybridized carbons (Fsp3) is 0.500. The quantitative estimate of drug-likeness (QED) is 0.550.